The molecule has 1 aliphatic rings. The van der Waals surface area contributed by atoms with Crippen molar-refractivity contribution in [1.29, 1.82) is 0 Å². The number of quaternary nitrogens is 1. The van der Waals surface area contributed by atoms with Gasteiger partial charge in [-0.25, -0.2) is 14.4 Å². The molecule has 0 aromatic heterocycles. The Kier molecular flexibility index (Phi) is 7.12. The van der Waals surface area contributed by atoms with E-state index in [1.807, 2.05) is 6.07 Å². The van der Waals surface area contributed by atoms with E-state index in [1.165, 1.54) is 13.0 Å². The molecule has 4 atom stereocenters. The number of thioether (sulfide) groups is 1. The minimum absolute atomic E-state index is 0.104. The summed E-state index contributed by atoms with van der Waals surface area (Å²) in [4.78, 5) is 51.7. The number of para-hydroxylation sites is 2. The highest BCUT2D eigenvalue weighted by molar-refractivity contribution is 8.14. The van der Waals surface area contributed by atoms with Gasteiger partial charge in [0.05, 0.1) is 0 Å². The van der Waals surface area contributed by atoms with Gasteiger partial charge in [-0.15, -0.1) is 0 Å². The molecule has 0 fully saturated rings. The summed E-state index contributed by atoms with van der Waals surface area (Å²) in [6.07, 6.45) is -0.636. The van der Waals surface area contributed by atoms with Crippen LogP contribution in [0.15, 0.2) is 54.6 Å². The summed E-state index contributed by atoms with van der Waals surface area (Å²) in [6.45, 7) is 2.07. The van der Waals surface area contributed by atoms with Crippen molar-refractivity contribution in [3.8, 4) is 5.75 Å². The normalized spacial score (nSPS) is 23.4. The third-order valence-electron chi connectivity index (χ3n) is 5.35. The van der Waals surface area contributed by atoms with E-state index in [2.05, 4.69) is 0 Å². The number of amides is 2. The molecule has 2 amide bonds. The predicted molar refractivity (Wildman–Crippen MR) is 121 cm³/mol. The van der Waals surface area contributed by atoms with E-state index >= 15 is 0 Å². The SMILES string of the molecule is CC(=O)SC(Cc1ccccc1)C(=O)[N+]1(CC(=O)O)C(=O)C(N)C(C)Oc2ccccc21. The quantitative estimate of drug-likeness (QED) is 0.633. The van der Waals surface area contributed by atoms with Crippen LogP contribution in [0.3, 0.4) is 0 Å². The Balaban J connectivity index is 2.21. The topological polar surface area (TPSA) is 124 Å². The van der Waals surface area contributed by atoms with Gasteiger partial charge in [0, 0.05) is 13.0 Å². The summed E-state index contributed by atoms with van der Waals surface area (Å²) in [6, 6.07) is 14.1. The van der Waals surface area contributed by atoms with Crippen molar-refractivity contribution < 1.29 is 29.0 Å². The van der Waals surface area contributed by atoms with Crippen molar-refractivity contribution in [2.45, 2.75) is 37.7 Å². The fourth-order valence-corrected chi connectivity index (χ4v) is 4.80. The molecule has 0 saturated carbocycles. The lowest BCUT2D eigenvalue weighted by molar-refractivity contribution is -0.152. The zero-order valence-corrected chi connectivity index (χ0v) is 18.6. The van der Waals surface area contributed by atoms with Crippen LogP contribution in [0.1, 0.15) is 19.4 Å². The molecule has 1 heterocycles. The number of carbonyl (C=O) groups is 4. The third kappa shape index (κ3) is 4.59. The van der Waals surface area contributed by atoms with E-state index in [4.69, 9.17) is 10.5 Å². The maximum atomic E-state index is 14.1. The Hall–Kier alpha value is -3.01. The second-order valence-electron chi connectivity index (χ2n) is 7.64. The van der Waals surface area contributed by atoms with Crippen LogP contribution in [0.2, 0.25) is 0 Å². The number of nitrogens with zero attached hydrogens (tertiary/aromatic N) is 1. The number of fused-ring (bicyclic) bond motifs is 1. The van der Waals surface area contributed by atoms with Gasteiger partial charge in [-0.05, 0) is 25.0 Å². The molecule has 0 radical (unpaired) electrons. The van der Waals surface area contributed by atoms with Crippen molar-refractivity contribution in [2.24, 2.45) is 5.73 Å². The van der Waals surface area contributed by atoms with Gasteiger partial charge in [0.1, 0.15) is 11.4 Å². The lowest BCUT2D eigenvalue weighted by Crippen LogP contribution is -2.68. The zero-order valence-electron chi connectivity index (χ0n) is 17.8. The lowest BCUT2D eigenvalue weighted by atomic mass is 10.0. The van der Waals surface area contributed by atoms with Crippen molar-refractivity contribution in [1.82, 2.24) is 4.48 Å². The minimum atomic E-state index is -1.35. The van der Waals surface area contributed by atoms with E-state index in [0.29, 0.717) is 0 Å². The monoisotopic (exact) mass is 457 g/mol. The molecule has 4 unspecified atom stereocenters. The Labute approximate surface area is 189 Å². The van der Waals surface area contributed by atoms with Crippen LogP contribution in [0, 0.1) is 0 Å². The maximum Gasteiger partial charge on any atom is 0.360 e. The fourth-order valence-electron chi connectivity index (χ4n) is 3.84. The number of carboxylic acids is 1. The van der Waals surface area contributed by atoms with Gasteiger partial charge in [-0.2, -0.15) is 4.48 Å². The van der Waals surface area contributed by atoms with E-state index in [1.54, 1.807) is 49.4 Å². The van der Waals surface area contributed by atoms with Crippen LogP contribution in [0.5, 0.6) is 5.75 Å². The number of hydrogen-bond acceptors (Lipinski definition) is 7. The van der Waals surface area contributed by atoms with E-state index < -0.39 is 46.2 Å². The van der Waals surface area contributed by atoms with Gasteiger partial charge in [-0.3, -0.25) is 4.79 Å². The highest BCUT2D eigenvalue weighted by Gasteiger charge is 2.57. The molecule has 168 valence electrons. The molecule has 32 heavy (non-hydrogen) atoms. The molecule has 0 spiro atoms. The number of rotatable bonds is 6. The molecule has 0 aliphatic carbocycles. The van der Waals surface area contributed by atoms with Crippen LogP contribution in [-0.4, -0.2) is 51.9 Å². The smallest absolute Gasteiger partial charge is 0.360 e. The summed E-state index contributed by atoms with van der Waals surface area (Å²) < 4.78 is 4.67. The summed E-state index contributed by atoms with van der Waals surface area (Å²) >= 11 is 0.776. The number of nitrogens with two attached hydrogens (primary N) is 1. The molecule has 3 rings (SSSR count). The number of benzene rings is 2. The van der Waals surface area contributed by atoms with Gasteiger partial charge < -0.3 is 15.6 Å². The first-order valence-corrected chi connectivity index (χ1v) is 11.0. The van der Waals surface area contributed by atoms with Crippen molar-refractivity contribution >= 4 is 40.3 Å². The molecule has 0 bridgehead atoms. The fraction of sp³-hybridized carbons (Fsp3) is 0.304. The molecule has 1 aliphatic heterocycles. The molecule has 2 aromatic carbocycles. The molecule has 3 N–H and O–H groups in total. The Morgan fingerprint density at radius 3 is 2.38 bits per heavy atom. The van der Waals surface area contributed by atoms with Gasteiger partial charge >= 0.3 is 17.8 Å². The standard InChI is InChI=1S/C23H24N2O6S/c1-14-21(24)23(30)25(13-20(27)28,17-10-6-7-11-18(17)31-14)22(29)19(32-15(2)26)12-16-8-4-3-5-9-16/h3-11,14,19,21H,12-13,24H2,1-2H3/p+1. The van der Waals surface area contributed by atoms with Crippen LogP contribution in [0.25, 0.3) is 0 Å². The number of ether oxygens (including phenoxy) is 1. The molecular weight excluding hydrogens is 432 g/mol. The number of carboxylic acid groups (broad SMARTS) is 1. The Morgan fingerprint density at radius 2 is 1.75 bits per heavy atom. The summed E-state index contributed by atoms with van der Waals surface area (Å²) in [7, 11) is 0. The average Bonchev–Trinajstić information content (AvgIpc) is 2.83. The predicted octanol–water partition coefficient (Wildman–Crippen LogP) is 2.13. The van der Waals surface area contributed by atoms with Gasteiger partial charge in [0.2, 0.25) is 0 Å². The molecular formula is C23H25N2O6S+. The first-order valence-electron chi connectivity index (χ1n) is 10.1. The van der Waals surface area contributed by atoms with E-state index in [9.17, 15) is 24.3 Å². The van der Waals surface area contributed by atoms with Crippen LogP contribution in [0.4, 0.5) is 5.69 Å². The largest absolute Gasteiger partial charge is 0.482 e. The van der Waals surface area contributed by atoms with E-state index in [0.717, 1.165) is 17.3 Å². The first-order chi connectivity index (χ1) is 15.2. The van der Waals surface area contributed by atoms with Gasteiger partial charge in [0.15, 0.2) is 29.1 Å². The average molecular weight is 458 g/mol. The lowest BCUT2D eigenvalue weighted by Gasteiger charge is -2.34. The Bertz CT molecular complexity index is 1040. The first kappa shape index (κ1) is 23.6. The van der Waals surface area contributed by atoms with Crippen LogP contribution >= 0.6 is 11.8 Å². The second kappa shape index (κ2) is 9.64. The number of hydrogen-bond donors (Lipinski definition) is 2. The number of carbonyl (C=O) groups excluding carboxylic acids is 3. The molecule has 2 aromatic rings. The van der Waals surface area contributed by atoms with E-state index in [-0.39, 0.29) is 23.0 Å². The maximum absolute atomic E-state index is 14.1. The van der Waals surface area contributed by atoms with Gasteiger partial charge in [0.25, 0.3) is 0 Å². The highest BCUT2D eigenvalue weighted by atomic mass is 32.2. The summed E-state index contributed by atoms with van der Waals surface area (Å²) in [5.41, 5.74) is 7.01. The van der Waals surface area contributed by atoms with Crippen molar-refractivity contribution in [2.75, 3.05) is 6.54 Å². The highest BCUT2D eigenvalue weighted by Crippen LogP contribution is 2.40. The molecule has 0 saturated heterocycles. The third-order valence-corrected chi connectivity index (χ3v) is 6.34. The Morgan fingerprint density at radius 1 is 1.12 bits per heavy atom. The summed E-state index contributed by atoms with van der Waals surface area (Å²) in [5.74, 6) is -2.64. The summed E-state index contributed by atoms with van der Waals surface area (Å²) in [5, 5.41) is 8.42. The van der Waals surface area contributed by atoms with Gasteiger partial charge in [-0.1, -0.05) is 54.2 Å². The number of imide groups is 1. The second-order valence-corrected chi connectivity index (χ2v) is 9.02. The zero-order chi connectivity index (χ0) is 23.5. The van der Waals surface area contributed by atoms with Crippen LogP contribution in [-0.2, 0) is 25.6 Å². The molecule has 8 nitrogen and oxygen atoms in total. The molecule has 9 heteroatoms. The minimum Gasteiger partial charge on any atom is -0.482 e. The van der Waals surface area contributed by atoms with Crippen molar-refractivity contribution in [3.63, 3.8) is 0 Å². The van der Waals surface area contributed by atoms with Crippen molar-refractivity contribution in [3.05, 3.63) is 60.2 Å². The van der Waals surface area contributed by atoms with Crippen LogP contribution < -0.4 is 15.0 Å². The number of aliphatic carboxylic acids is 1.